The molecular weight excluding hydrogens is 156 g/mol. The lowest BCUT2D eigenvalue weighted by Crippen LogP contribution is -1.99. The summed E-state index contributed by atoms with van der Waals surface area (Å²) in [5.74, 6) is -0.154. The summed E-state index contributed by atoms with van der Waals surface area (Å²) < 4.78 is 0. The van der Waals surface area contributed by atoms with Gasteiger partial charge in [0.2, 0.25) is 0 Å². The van der Waals surface area contributed by atoms with Crippen LogP contribution in [0.2, 0.25) is 0 Å². The van der Waals surface area contributed by atoms with Crippen molar-refractivity contribution in [3.05, 3.63) is 0 Å². The van der Waals surface area contributed by atoms with Crippen LogP contribution in [0.15, 0.2) is 0 Å². The first-order valence-electron chi connectivity index (χ1n) is 4.49. The zero-order chi connectivity index (χ0) is 9.40. The fraction of sp³-hybridized carbons (Fsp3) is 0.889. The monoisotopic (exact) mass is 174 g/mol. The van der Waals surface area contributed by atoms with Crippen molar-refractivity contribution in [2.45, 2.75) is 39.0 Å². The summed E-state index contributed by atoms with van der Waals surface area (Å²) in [6.07, 6.45) is 7.44. The van der Waals surface area contributed by atoms with Gasteiger partial charge in [-0.1, -0.05) is 39.0 Å². The van der Waals surface area contributed by atoms with E-state index in [4.69, 9.17) is 15.0 Å². The molecule has 0 saturated heterocycles. The maximum Gasteiger partial charge on any atom is 0.329 e. The van der Waals surface area contributed by atoms with E-state index in [9.17, 15) is 0 Å². The highest BCUT2D eigenvalue weighted by Gasteiger charge is 2.05. The number of hydrogen-bond donors (Lipinski definition) is 2. The third-order valence-electron chi connectivity index (χ3n) is 2.03. The highest BCUT2D eigenvalue weighted by atomic mass is 16.4. The number of aliphatic carboxylic acids is 1. The van der Waals surface area contributed by atoms with Crippen LogP contribution >= 0.6 is 0 Å². The van der Waals surface area contributed by atoms with E-state index < -0.39 is 12.6 Å². The molecule has 0 amide bonds. The van der Waals surface area contributed by atoms with Crippen molar-refractivity contribution in [3.63, 3.8) is 0 Å². The SMILES string of the molecule is CC1CCCCC1.O=C(O)CO. The van der Waals surface area contributed by atoms with E-state index in [0.29, 0.717) is 0 Å². The minimum atomic E-state index is -1.19. The van der Waals surface area contributed by atoms with Gasteiger partial charge in [-0.2, -0.15) is 0 Å². The molecule has 1 aliphatic rings. The summed E-state index contributed by atoms with van der Waals surface area (Å²) >= 11 is 0. The second-order valence-electron chi connectivity index (χ2n) is 3.30. The van der Waals surface area contributed by atoms with Crippen molar-refractivity contribution in [3.8, 4) is 0 Å². The Morgan fingerprint density at radius 2 is 1.75 bits per heavy atom. The number of aliphatic hydroxyl groups is 1. The molecule has 0 aromatic heterocycles. The molecule has 1 fully saturated rings. The second-order valence-corrected chi connectivity index (χ2v) is 3.30. The molecule has 1 rings (SSSR count). The van der Waals surface area contributed by atoms with Crippen LogP contribution in [0.5, 0.6) is 0 Å². The molecular formula is C9H18O3. The van der Waals surface area contributed by atoms with E-state index in [0.717, 1.165) is 5.92 Å². The first kappa shape index (κ1) is 11.4. The fourth-order valence-electron chi connectivity index (χ4n) is 1.31. The van der Waals surface area contributed by atoms with Gasteiger partial charge in [0.05, 0.1) is 0 Å². The summed E-state index contributed by atoms with van der Waals surface area (Å²) in [4.78, 5) is 9.12. The van der Waals surface area contributed by atoms with E-state index in [-0.39, 0.29) is 0 Å². The highest BCUT2D eigenvalue weighted by Crippen LogP contribution is 2.21. The van der Waals surface area contributed by atoms with Crippen LogP contribution in [-0.2, 0) is 4.79 Å². The topological polar surface area (TPSA) is 57.5 Å². The molecule has 0 bridgehead atoms. The van der Waals surface area contributed by atoms with E-state index in [1.807, 2.05) is 0 Å². The third-order valence-corrected chi connectivity index (χ3v) is 2.03. The van der Waals surface area contributed by atoms with Gasteiger partial charge in [0.1, 0.15) is 6.61 Å². The largest absolute Gasteiger partial charge is 0.480 e. The van der Waals surface area contributed by atoms with Crippen LogP contribution < -0.4 is 0 Å². The van der Waals surface area contributed by atoms with Crippen molar-refractivity contribution in [1.29, 1.82) is 0 Å². The van der Waals surface area contributed by atoms with Crippen molar-refractivity contribution in [2.24, 2.45) is 5.92 Å². The van der Waals surface area contributed by atoms with Crippen LogP contribution in [0.4, 0.5) is 0 Å². The smallest absolute Gasteiger partial charge is 0.329 e. The Kier molecular flexibility index (Phi) is 6.76. The van der Waals surface area contributed by atoms with Gasteiger partial charge < -0.3 is 10.2 Å². The molecule has 3 nitrogen and oxygen atoms in total. The third kappa shape index (κ3) is 7.54. The molecule has 0 radical (unpaired) electrons. The van der Waals surface area contributed by atoms with E-state index in [1.165, 1.54) is 32.1 Å². The first-order valence-corrected chi connectivity index (χ1v) is 4.49. The Morgan fingerprint density at radius 3 is 1.92 bits per heavy atom. The van der Waals surface area contributed by atoms with Crippen molar-refractivity contribution in [2.75, 3.05) is 6.61 Å². The number of rotatable bonds is 1. The predicted octanol–water partition coefficient (Wildman–Crippen LogP) is 1.65. The molecule has 0 aromatic carbocycles. The fourth-order valence-corrected chi connectivity index (χ4v) is 1.31. The lowest BCUT2D eigenvalue weighted by molar-refractivity contribution is -0.140. The standard InChI is InChI=1S/C7H14.C2H4O3/c1-7-5-3-2-4-6-7;3-1-2(4)5/h7H,2-6H2,1H3;3H,1H2,(H,4,5). The quantitative estimate of drug-likeness (QED) is 0.635. The Bertz CT molecular complexity index is 117. The van der Waals surface area contributed by atoms with Crippen LogP contribution in [0.3, 0.4) is 0 Å². The van der Waals surface area contributed by atoms with E-state index in [2.05, 4.69) is 6.92 Å². The molecule has 1 saturated carbocycles. The van der Waals surface area contributed by atoms with Crippen LogP contribution in [-0.4, -0.2) is 22.8 Å². The summed E-state index contributed by atoms with van der Waals surface area (Å²) in [5, 5.41) is 15.0. The summed E-state index contributed by atoms with van der Waals surface area (Å²) in [7, 11) is 0. The number of carbonyl (C=O) groups is 1. The zero-order valence-electron chi connectivity index (χ0n) is 7.62. The van der Waals surface area contributed by atoms with Gasteiger partial charge in [0.25, 0.3) is 0 Å². The molecule has 1 aliphatic carbocycles. The predicted molar refractivity (Wildman–Crippen MR) is 47.0 cm³/mol. The molecule has 0 heterocycles. The number of carboxylic acid groups (broad SMARTS) is 1. The Labute approximate surface area is 73.4 Å². The van der Waals surface area contributed by atoms with Gasteiger partial charge in [-0.15, -0.1) is 0 Å². The molecule has 12 heavy (non-hydrogen) atoms. The number of hydrogen-bond acceptors (Lipinski definition) is 2. The minimum Gasteiger partial charge on any atom is -0.480 e. The van der Waals surface area contributed by atoms with Crippen LogP contribution in [0.1, 0.15) is 39.0 Å². The van der Waals surface area contributed by atoms with E-state index in [1.54, 1.807) is 0 Å². The molecule has 72 valence electrons. The molecule has 2 N–H and O–H groups in total. The molecule has 0 unspecified atom stereocenters. The normalized spacial score (nSPS) is 17.8. The summed E-state index contributed by atoms with van der Waals surface area (Å²) in [6, 6.07) is 0. The van der Waals surface area contributed by atoms with Gasteiger partial charge >= 0.3 is 5.97 Å². The number of aliphatic hydroxyl groups excluding tert-OH is 1. The molecule has 0 aromatic rings. The Morgan fingerprint density at radius 1 is 1.33 bits per heavy atom. The minimum absolute atomic E-state index is 0.778. The second kappa shape index (κ2) is 7.10. The lowest BCUT2D eigenvalue weighted by atomic mass is 9.91. The Balaban J connectivity index is 0.000000217. The van der Waals surface area contributed by atoms with Crippen molar-refractivity contribution >= 4 is 5.97 Å². The molecule has 3 heteroatoms. The maximum absolute atomic E-state index is 9.12. The van der Waals surface area contributed by atoms with Crippen molar-refractivity contribution < 1.29 is 15.0 Å². The van der Waals surface area contributed by atoms with E-state index >= 15 is 0 Å². The molecule has 0 aliphatic heterocycles. The van der Waals surface area contributed by atoms with Crippen LogP contribution in [0, 0.1) is 5.92 Å². The average molecular weight is 174 g/mol. The van der Waals surface area contributed by atoms with Gasteiger partial charge in [0.15, 0.2) is 0 Å². The summed E-state index contributed by atoms with van der Waals surface area (Å²) in [6.45, 7) is 1.58. The highest BCUT2D eigenvalue weighted by molar-refractivity contribution is 5.67. The average Bonchev–Trinajstić information content (AvgIpc) is 2.07. The lowest BCUT2D eigenvalue weighted by Gasteiger charge is -2.15. The number of carboxylic acids is 1. The first-order chi connectivity index (χ1) is 5.66. The molecule has 0 spiro atoms. The van der Waals surface area contributed by atoms with Gasteiger partial charge in [0, 0.05) is 0 Å². The molecule has 0 atom stereocenters. The van der Waals surface area contributed by atoms with Gasteiger partial charge in [-0.05, 0) is 5.92 Å². The van der Waals surface area contributed by atoms with Crippen LogP contribution in [0.25, 0.3) is 0 Å². The maximum atomic E-state index is 9.12. The Hall–Kier alpha value is -0.570. The summed E-state index contributed by atoms with van der Waals surface area (Å²) in [5.41, 5.74) is 0. The zero-order valence-corrected chi connectivity index (χ0v) is 7.62. The van der Waals surface area contributed by atoms with Crippen molar-refractivity contribution in [1.82, 2.24) is 0 Å². The van der Waals surface area contributed by atoms with Gasteiger partial charge in [-0.25, -0.2) is 4.79 Å². The van der Waals surface area contributed by atoms with Gasteiger partial charge in [-0.3, -0.25) is 0 Å².